The summed E-state index contributed by atoms with van der Waals surface area (Å²) in [5, 5.41) is 1.94. The second-order valence-electron chi connectivity index (χ2n) is 4.81. The predicted molar refractivity (Wildman–Crippen MR) is 93.7 cm³/mol. The van der Waals surface area contributed by atoms with Gasteiger partial charge in [0.05, 0.1) is 4.91 Å². The largest absolute Gasteiger partial charge is 0.463 e. The van der Waals surface area contributed by atoms with E-state index in [2.05, 4.69) is 0 Å². The summed E-state index contributed by atoms with van der Waals surface area (Å²) in [4.78, 5) is 28.8. The van der Waals surface area contributed by atoms with Crippen LogP contribution in [0.15, 0.2) is 22.4 Å². The molecule has 0 radical (unpaired) electrons. The summed E-state index contributed by atoms with van der Waals surface area (Å²) in [6, 6.07) is 3.84. The van der Waals surface area contributed by atoms with Gasteiger partial charge in [-0.2, -0.15) is 0 Å². The van der Waals surface area contributed by atoms with E-state index in [9.17, 15) is 9.59 Å². The van der Waals surface area contributed by atoms with Crippen LogP contribution in [0.5, 0.6) is 0 Å². The van der Waals surface area contributed by atoms with Crippen LogP contribution < -0.4 is 0 Å². The van der Waals surface area contributed by atoms with Crippen molar-refractivity contribution in [3.63, 3.8) is 0 Å². The molecule has 0 spiro atoms. The van der Waals surface area contributed by atoms with E-state index in [4.69, 9.17) is 17.0 Å². The van der Waals surface area contributed by atoms with Crippen molar-refractivity contribution < 1.29 is 14.3 Å². The zero-order valence-electron chi connectivity index (χ0n) is 12.3. The topological polar surface area (TPSA) is 49.9 Å². The van der Waals surface area contributed by atoms with Crippen molar-refractivity contribution in [2.45, 2.75) is 0 Å². The molecule has 2 rings (SSSR count). The average molecular weight is 356 g/mol. The molecular weight excluding hydrogens is 340 g/mol. The molecule has 0 saturated carbocycles. The second kappa shape index (κ2) is 7.87. The van der Waals surface area contributed by atoms with Crippen LogP contribution in [0, 0.1) is 0 Å². The van der Waals surface area contributed by atoms with E-state index in [1.807, 2.05) is 36.5 Å². The number of hydrogen-bond acceptors (Lipinski definition) is 7. The Kier molecular flexibility index (Phi) is 6.13. The van der Waals surface area contributed by atoms with Crippen LogP contribution in [0.4, 0.5) is 0 Å². The molecule has 1 aromatic rings. The molecule has 1 saturated heterocycles. The standard InChI is InChI=1S/C14H16N2O3S3/c1-15(2)5-6-19-12(17)9-16-13(18)11(22-14(16)20)8-10-4-3-7-21-10/h3-4,7-8H,5-6,9H2,1-2H3/b11-8-. The maximum atomic E-state index is 12.3. The van der Waals surface area contributed by atoms with Gasteiger partial charge in [-0.1, -0.05) is 30.0 Å². The van der Waals surface area contributed by atoms with Crippen molar-refractivity contribution in [3.8, 4) is 0 Å². The lowest BCUT2D eigenvalue weighted by atomic mass is 10.3. The Labute approximate surface area is 142 Å². The highest BCUT2D eigenvalue weighted by Crippen LogP contribution is 2.33. The number of esters is 1. The molecule has 1 amide bonds. The molecule has 0 unspecified atom stereocenters. The number of thioether (sulfide) groups is 1. The molecule has 1 fully saturated rings. The third kappa shape index (κ3) is 4.64. The molecule has 1 aliphatic rings. The van der Waals surface area contributed by atoms with Crippen LogP contribution in [0.3, 0.4) is 0 Å². The molecule has 0 bridgehead atoms. The van der Waals surface area contributed by atoms with Gasteiger partial charge >= 0.3 is 5.97 Å². The Morgan fingerprint density at radius 2 is 2.27 bits per heavy atom. The van der Waals surface area contributed by atoms with E-state index in [1.54, 1.807) is 17.4 Å². The van der Waals surface area contributed by atoms with Gasteiger partial charge in [0, 0.05) is 11.4 Å². The Bertz CT molecular complexity index is 596. The summed E-state index contributed by atoms with van der Waals surface area (Å²) in [6.45, 7) is 0.800. The zero-order chi connectivity index (χ0) is 16.1. The molecule has 0 aromatic carbocycles. The molecule has 1 aromatic heterocycles. The van der Waals surface area contributed by atoms with E-state index in [0.717, 1.165) is 4.88 Å². The predicted octanol–water partition coefficient (Wildman–Crippen LogP) is 2.05. The smallest absolute Gasteiger partial charge is 0.326 e. The molecule has 8 heteroatoms. The van der Waals surface area contributed by atoms with Gasteiger partial charge in [-0.3, -0.25) is 14.5 Å². The fourth-order valence-corrected chi connectivity index (χ4v) is 3.63. The normalized spacial score (nSPS) is 16.9. The van der Waals surface area contributed by atoms with E-state index >= 15 is 0 Å². The number of thiophene rings is 1. The first-order valence-electron chi connectivity index (χ1n) is 6.56. The van der Waals surface area contributed by atoms with Crippen LogP contribution in [-0.2, 0) is 14.3 Å². The minimum atomic E-state index is -0.449. The number of hydrogen-bond donors (Lipinski definition) is 0. The van der Waals surface area contributed by atoms with Gasteiger partial charge in [0.1, 0.15) is 17.5 Å². The maximum Gasteiger partial charge on any atom is 0.326 e. The van der Waals surface area contributed by atoms with Gasteiger partial charge in [-0.25, -0.2) is 0 Å². The lowest BCUT2D eigenvalue weighted by Gasteiger charge is -2.14. The summed E-state index contributed by atoms with van der Waals surface area (Å²) in [5.74, 6) is -0.691. The van der Waals surface area contributed by atoms with Gasteiger partial charge < -0.3 is 9.64 Å². The first-order valence-corrected chi connectivity index (χ1v) is 8.67. The van der Waals surface area contributed by atoms with Crippen molar-refractivity contribution in [3.05, 3.63) is 27.3 Å². The molecule has 1 aliphatic heterocycles. The maximum absolute atomic E-state index is 12.3. The Morgan fingerprint density at radius 1 is 1.50 bits per heavy atom. The Balaban J connectivity index is 1.93. The van der Waals surface area contributed by atoms with Crippen LogP contribution in [0.2, 0.25) is 0 Å². The van der Waals surface area contributed by atoms with Gasteiger partial charge in [-0.15, -0.1) is 11.3 Å². The molecule has 0 aliphatic carbocycles. The quantitative estimate of drug-likeness (QED) is 0.442. The van der Waals surface area contributed by atoms with Crippen LogP contribution in [-0.4, -0.2) is 59.8 Å². The molecule has 22 heavy (non-hydrogen) atoms. The Hall–Kier alpha value is -1.22. The number of nitrogens with zero attached hydrogens (tertiary/aromatic N) is 2. The van der Waals surface area contributed by atoms with Crippen molar-refractivity contribution in [2.75, 3.05) is 33.8 Å². The SMILES string of the molecule is CN(C)CCOC(=O)CN1C(=O)/C(=C/c2cccs2)SC1=S. The van der Waals surface area contributed by atoms with E-state index < -0.39 is 5.97 Å². The monoisotopic (exact) mass is 356 g/mol. The van der Waals surface area contributed by atoms with Gasteiger partial charge in [0.15, 0.2) is 0 Å². The number of rotatable bonds is 6. The lowest BCUT2D eigenvalue weighted by Crippen LogP contribution is -2.35. The van der Waals surface area contributed by atoms with Crippen LogP contribution in [0.1, 0.15) is 4.88 Å². The highest BCUT2D eigenvalue weighted by atomic mass is 32.2. The van der Waals surface area contributed by atoms with Gasteiger partial charge in [0.2, 0.25) is 0 Å². The third-order valence-electron chi connectivity index (χ3n) is 2.78. The fraction of sp³-hybridized carbons (Fsp3) is 0.357. The highest BCUT2D eigenvalue weighted by molar-refractivity contribution is 8.26. The summed E-state index contributed by atoms with van der Waals surface area (Å²) < 4.78 is 5.48. The molecule has 118 valence electrons. The number of likely N-dealkylation sites (N-methyl/N-ethyl adjacent to an activating group) is 1. The molecule has 0 N–H and O–H groups in total. The number of carbonyl (C=O) groups excluding carboxylic acids is 2. The van der Waals surface area contributed by atoms with Crippen molar-refractivity contribution in [1.29, 1.82) is 0 Å². The molecular formula is C14H16N2O3S3. The Morgan fingerprint density at radius 3 is 2.91 bits per heavy atom. The molecule has 5 nitrogen and oxygen atoms in total. The summed E-state index contributed by atoms with van der Waals surface area (Å²) in [5.41, 5.74) is 0. The van der Waals surface area contributed by atoms with Crippen LogP contribution >= 0.6 is 35.3 Å². The first kappa shape index (κ1) is 17.1. The third-order valence-corrected chi connectivity index (χ3v) is 4.98. The fourth-order valence-electron chi connectivity index (χ4n) is 1.66. The molecule has 2 heterocycles. The van der Waals surface area contributed by atoms with E-state index in [-0.39, 0.29) is 12.5 Å². The van der Waals surface area contributed by atoms with Crippen molar-refractivity contribution in [2.24, 2.45) is 0 Å². The number of thiocarbonyl (C=S) groups is 1. The first-order chi connectivity index (χ1) is 10.5. The van der Waals surface area contributed by atoms with Gasteiger partial charge in [0.25, 0.3) is 5.91 Å². The number of ether oxygens (including phenoxy) is 1. The summed E-state index contributed by atoms with van der Waals surface area (Å²) >= 11 is 7.93. The van der Waals surface area contributed by atoms with E-state index in [0.29, 0.717) is 22.4 Å². The number of carbonyl (C=O) groups is 2. The minimum Gasteiger partial charge on any atom is -0.463 e. The van der Waals surface area contributed by atoms with E-state index in [1.165, 1.54) is 16.7 Å². The van der Waals surface area contributed by atoms with Crippen molar-refractivity contribution in [1.82, 2.24) is 9.80 Å². The second-order valence-corrected chi connectivity index (χ2v) is 7.46. The summed E-state index contributed by atoms with van der Waals surface area (Å²) in [6.07, 6.45) is 1.79. The lowest BCUT2D eigenvalue weighted by molar-refractivity contribution is -0.146. The van der Waals surface area contributed by atoms with Crippen molar-refractivity contribution >= 4 is 57.6 Å². The average Bonchev–Trinajstić information content (AvgIpc) is 3.03. The zero-order valence-corrected chi connectivity index (χ0v) is 14.7. The minimum absolute atomic E-state index is 0.139. The number of amides is 1. The summed E-state index contributed by atoms with van der Waals surface area (Å²) in [7, 11) is 3.79. The highest BCUT2D eigenvalue weighted by Gasteiger charge is 2.33. The van der Waals surface area contributed by atoms with Crippen LogP contribution in [0.25, 0.3) is 6.08 Å². The van der Waals surface area contributed by atoms with Gasteiger partial charge in [-0.05, 0) is 31.6 Å². The molecule has 0 atom stereocenters.